The molecule has 0 radical (unpaired) electrons. The number of thiazole rings is 1. The third kappa shape index (κ3) is 4.98. The summed E-state index contributed by atoms with van der Waals surface area (Å²) in [7, 11) is 3.13. The van der Waals surface area contributed by atoms with Crippen LogP contribution in [0.4, 0.5) is 5.69 Å². The van der Waals surface area contributed by atoms with Gasteiger partial charge in [-0.2, -0.15) is 0 Å². The van der Waals surface area contributed by atoms with E-state index < -0.39 is 10.0 Å². The van der Waals surface area contributed by atoms with Gasteiger partial charge in [0.2, 0.25) is 10.0 Å². The molecule has 2 aromatic carbocycles. The summed E-state index contributed by atoms with van der Waals surface area (Å²) in [5, 5.41) is 1.99. The molecule has 0 atom stereocenters. The van der Waals surface area contributed by atoms with Gasteiger partial charge in [-0.3, -0.25) is 0 Å². The minimum atomic E-state index is -3.50. The van der Waals surface area contributed by atoms with E-state index in [0.29, 0.717) is 0 Å². The molecule has 29 heavy (non-hydrogen) atoms. The monoisotopic (exact) mass is 497 g/mol. The molecular weight excluding hydrogens is 474 g/mol. The largest absolute Gasteiger partial charge is 0.497 e. The summed E-state index contributed by atoms with van der Waals surface area (Å²) in [6.07, 6.45) is 0. The van der Waals surface area contributed by atoms with Gasteiger partial charge < -0.3 is 9.30 Å². The van der Waals surface area contributed by atoms with Crippen LogP contribution in [-0.4, -0.2) is 38.5 Å². The van der Waals surface area contributed by atoms with Gasteiger partial charge in [0, 0.05) is 32.1 Å². The van der Waals surface area contributed by atoms with E-state index in [1.165, 1.54) is 29.7 Å². The predicted octanol–water partition coefficient (Wildman–Crippen LogP) is 4.13. The van der Waals surface area contributed by atoms with Gasteiger partial charge in [0.05, 0.1) is 23.4 Å². The molecule has 0 aliphatic heterocycles. The Morgan fingerprint density at radius 2 is 1.76 bits per heavy atom. The van der Waals surface area contributed by atoms with Crippen molar-refractivity contribution < 1.29 is 13.2 Å². The van der Waals surface area contributed by atoms with Gasteiger partial charge in [0.25, 0.3) is 0 Å². The Balaban J connectivity index is 0.00000300. The summed E-state index contributed by atoms with van der Waals surface area (Å²) in [6.45, 7) is 1.90. The molecule has 3 rings (SSSR count). The van der Waals surface area contributed by atoms with Gasteiger partial charge in [-0.05, 0) is 55.0 Å². The molecule has 9 heteroatoms. The van der Waals surface area contributed by atoms with Crippen molar-refractivity contribution in [2.45, 2.75) is 11.8 Å². The van der Waals surface area contributed by atoms with Crippen molar-refractivity contribution in [3.05, 3.63) is 58.2 Å². The molecule has 6 nitrogen and oxygen atoms in total. The van der Waals surface area contributed by atoms with Crippen LogP contribution in [0.25, 0.3) is 11.3 Å². The summed E-state index contributed by atoms with van der Waals surface area (Å²) < 4.78 is 33.5. The maximum Gasteiger partial charge on any atom is 0.242 e. The first-order valence-corrected chi connectivity index (χ1v) is 10.9. The van der Waals surface area contributed by atoms with Crippen molar-refractivity contribution in [3.8, 4) is 17.0 Å². The van der Waals surface area contributed by atoms with Crippen LogP contribution in [0.2, 0.25) is 0 Å². The van der Waals surface area contributed by atoms with E-state index in [1.807, 2.05) is 54.3 Å². The number of methoxy groups -OCH3 is 1. The van der Waals surface area contributed by atoms with Crippen LogP contribution in [0.3, 0.4) is 0 Å². The molecule has 0 unspecified atom stereocenters. The molecule has 0 aliphatic carbocycles. The van der Waals surface area contributed by atoms with Crippen molar-refractivity contribution in [2.75, 3.05) is 21.2 Å². The van der Waals surface area contributed by atoms with Gasteiger partial charge in [-0.25, -0.2) is 17.7 Å². The lowest BCUT2D eigenvalue weighted by Gasteiger charge is -2.13. The topological polar surface area (TPSA) is 63.9 Å². The van der Waals surface area contributed by atoms with Crippen LogP contribution in [0, 0.1) is 6.92 Å². The lowest BCUT2D eigenvalue weighted by atomic mass is 10.1. The number of rotatable bonds is 5. The van der Waals surface area contributed by atoms with E-state index in [0.717, 1.165) is 33.1 Å². The molecule has 3 aromatic rings. The second-order valence-corrected chi connectivity index (χ2v) is 9.58. The molecule has 1 aromatic heterocycles. The van der Waals surface area contributed by atoms with Gasteiger partial charge >= 0.3 is 0 Å². The van der Waals surface area contributed by atoms with Crippen molar-refractivity contribution in [3.63, 3.8) is 0 Å². The van der Waals surface area contributed by atoms with E-state index in [2.05, 4.69) is 4.99 Å². The number of benzene rings is 2. The van der Waals surface area contributed by atoms with Gasteiger partial charge in [-0.15, -0.1) is 28.3 Å². The third-order valence-electron chi connectivity index (χ3n) is 4.35. The van der Waals surface area contributed by atoms with E-state index in [9.17, 15) is 8.42 Å². The number of aromatic nitrogens is 1. The first-order chi connectivity index (χ1) is 13.2. The summed E-state index contributed by atoms with van der Waals surface area (Å²) in [6, 6.07) is 12.9. The maximum absolute atomic E-state index is 12.5. The predicted molar refractivity (Wildman–Crippen MR) is 123 cm³/mol. The van der Waals surface area contributed by atoms with Crippen molar-refractivity contribution in [1.82, 2.24) is 8.87 Å². The second-order valence-electron chi connectivity index (χ2n) is 6.59. The van der Waals surface area contributed by atoms with E-state index in [1.54, 1.807) is 19.2 Å². The first kappa shape index (κ1) is 23.3. The molecule has 1 heterocycles. The Kier molecular flexibility index (Phi) is 7.45. The molecule has 0 spiro atoms. The van der Waals surface area contributed by atoms with Crippen LogP contribution in [0.1, 0.15) is 5.56 Å². The smallest absolute Gasteiger partial charge is 0.242 e. The fourth-order valence-corrected chi connectivity index (χ4v) is 4.71. The highest BCUT2D eigenvalue weighted by Gasteiger charge is 2.19. The SMILES string of the molecule is Br.COc1ccc(N=c2scc(-c3cc(C)cc(S(=O)(=O)N(C)C)c3)n2C)cc1. The number of sulfonamides is 1. The Labute approximate surface area is 185 Å². The Bertz CT molecular complexity index is 1160. The first-order valence-electron chi connectivity index (χ1n) is 8.60. The number of aryl methyl sites for hydroxylation is 1. The van der Waals surface area contributed by atoms with Crippen LogP contribution in [0.15, 0.2) is 57.7 Å². The Hall–Kier alpha value is -1.94. The normalized spacial score (nSPS) is 12.1. The standard InChI is InChI=1S/C20H23N3O3S2.BrH/c1-14-10-15(12-18(11-14)28(24,25)22(2)3)19-13-27-20(23(19)4)21-16-6-8-17(26-5)9-7-16;/h6-13H,1-5H3;1H. The van der Waals surface area contributed by atoms with E-state index in [4.69, 9.17) is 4.74 Å². The molecule has 0 saturated carbocycles. The van der Waals surface area contributed by atoms with Gasteiger partial charge in [0.1, 0.15) is 5.75 Å². The van der Waals surface area contributed by atoms with Crippen molar-refractivity contribution in [1.29, 1.82) is 0 Å². The molecule has 156 valence electrons. The average Bonchev–Trinajstić information content (AvgIpc) is 3.02. The summed E-state index contributed by atoms with van der Waals surface area (Å²) >= 11 is 1.51. The molecule has 0 bridgehead atoms. The minimum absolute atomic E-state index is 0. The number of hydrogen-bond acceptors (Lipinski definition) is 5. The summed E-state index contributed by atoms with van der Waals surface area (Å²) in [5.41, 5.74) is 3.47. The number of halogens is 1. The molecule has 0 amide bonds. The number of nitrogens with zero attached hydrogens (tertiary/aromatic N) is 3. The summed E-state index contributed by atoms with van der Waals surface area (Å²) in [5.74, 6) is 0.782. The zero-order chi connectivity index (χ0) is 20.5. The lowest BCUT2D eigenvalue weighted by molar-refractivity contribution is 0.415. The van der Waals surface area contributed by atoms with Crippen LogP contribution in [-0.2, 0) is 17.1 Å². The quantitative estimate of drug-likeness (QED) is 0.532. The zero-order valence-corrected chi connectivity index (χ0v) is 20.3. The number of hydrogen-bond donors (Lipinski definition) is 0. The highest BCUT2D eigenvalue weighted by molar-refractivity contribution is 8.93. The highest BCUT2D eigenvalue weighted by Crippen LogP contribution is 2.26. The van der Waals surface area contributed by atoms with E-state index >= 15 is 0 Å². The van der Waals surface area contributed by atoms with Gasteiger partial charge in [-0.1, -0.05) is 0 Å². The molecule has 0 aliphatic rings. The van der Waals surface area contributed by atoms with Crippen LogP contribution >= 0.6 is 28.3 Å². The fourth-order valence-electron chi connectivity index (χ4n) is 2.76. The average molecular weight is 498 g/mol. The Morgan fingerprint density at radius 3 is 2.34 bits per heavy atom. The van der Waals surface area contributed by atoms with E-state index in [-0.39, 0.29) is 21.9 Å². The second kappa shape index (κ2) is 9.25. The third-order valence-corrected chi connectivity index (χ3v) is 7.06. The molecular formula is C20H24BrN3O3S2. The van der Waals surface area contributed by atoms with Crippen molar-refractivity contribution in [2.24, 2.45) is 12.0 Å². The lowest BCUT2D eigenvalue weighted by Crippen LogP contribution is -2.22. The fraction of sp³-hybridized carbons (Fsp3) is 0.250. The van der Waals surface area contributed by atoms with Crippen LogP contribution in [0.5, 0.6) is 5.75 Å². The minimum Gasteiger partial charge on any atom is -0.497 e. The molecule has 0 fully saturated rings. The Morgan fingerprint density at radius 1 is 1.10 bits per heavy atom. The van der Waals surface area contributed by atoms with Gasteiger partial charge in [0.15, 0.2) is 4.80 Å². The van der Waals surface area contributed by atoms with Crippen molar-refractivity contribution >= 4 is 44.0 Å². The maximum atomic E-state index is 12.5. The zero-order valence-electron chi connectivity index (χ0n) is 16.9. The van der Waals surface area contributed by atoms with Crippen LogP contribution < -0.4 is 9.54 Å². The number of ether oxygens (including phenoxy) is 1. The molecule has 0 N–H and O–H groups in total. The highest BCUT2D eigenvalue weighted by atomic mass is 79.9. The summed E-state index contributed by atoms with van der Waals surface area (Å²) in [4.78, 5) is 5.79. The molecule has 0 saturated heterocycles.